The van der Waals surface area contributed by atoms with Gasteiger partial charge in [0.1, 0.15) is 0 Å². The smallest absolute Gasteiger partial charge is 0.0606 e. The van der Waals surface area contributed by atoms with E-state index in [0.717, 1.165) is 0 Å². The average Bonchev–Trinajstić information content (AvgIpc) is 1.00. The molecule has 0 aliphatic heterocycles. The second kappa shape index (κ2) is 1920. The van der Waals surface area contributed by atoms with E-state index in [0.29, 0.717) is 0 Å². The van der Waals surface area contributed by atoms with Crippen molar-refractivity contribution in [2.24, 2.45) is 0 Å². The first kappa shape index (κ1) is 39.3. The molecule has 0 aliphatic rings. The van der Waals surface area contributed by atoms with Gasteiger partial charge in [-0.2, -0.15) is 0 Å². The SMILES string of the molecule is F.F.[B]C. The zero-order chi connectivity index (χ0) is 2.00. The Morgan fingerprint density at radius 1 is 1.00 bits per heavy atom. The molecule has 0 aliphatic carbocycles. The maximum absolute atomic E-state index is 4.50. The van der Waals surface area contributed by atoms with Gasteiger partial charge in [0.2, 0.25) is 0 Å². The van der Waals surface area contributed by atoms with Crippen LogP contribution in [0.4, 0.5) is 9.41 Å². The summed E-state index contributed by atoms with van der Waals surface area (Å²) in [4.78, 5) is 0. The Bertz CT molecular complexity index is 6.00. The molecular weight excluding hydrogens is 60.8 g/mol. The van der Waals surface area contributed by atoms with Gasteiger partial charge in [-0.25, -0.2) is 0 Å². The molecule has 0 spiro atoms. The van der Waals surface area contributed by atoms with Gasteiger partial charge in [-0.05, 0) is 0 Å². The summed E-state index contributed by atoms with van der Waals surface area (Å²) in [6.07, 6.45) is 0. The van der Waals surface area contributed by atoms with Crippen molar-refractivity contribution in [1.29, 1.82) is 0 Å². The fraction of sp³-hybridized carbons (Fsp3) is 1.00. The second-order valence-electron chi connectivity index (χ2n) is 0. The third kappa shape index (κ3) is 292. The van der Waals surface area contributed by atoms with Gasteiger partial charge in [0, 0.05) is 0 Å². The summed E-state index contributed by atoms with van der Waals surface area (Å²) in [6.45, 7) is 1.50. The van der Waals surface area contributed by atoms with Gasteiger partial charge in [-0.1, -0.05) is 6.82 Å². The number of rotatable bonds is 0. The topological polar surface area (TPSA) is 0 Å². The molecule has 3 heteroatoms. The van der Waals surface area contributed by atoms with Crippen LogP contribution in [0.15, 0.2) is 0 Å². The molecule has 0 aromatic heterocycles. The van der Waals surface area contributed by atoms with Crippen LogP contribution in [0.25, 0.3) is 0 Å². The average molecular weight is 65.9 g/mol. The summed E-state index contributed by atoms with van der Waals surface area (Å²) < 4.78 is 0. The number of halogens is 2. The Morgan fingerprint density at radius 3 is 1.00 bits per heavy atom. The molecule has 0 unspecified atom stereocenters. The first-order chi connectivity index (χ1) is 1.00. The van der Waals surface area contributed by atoms with Crippen LogP contribution in [-0.4, -0.2) is 7.85 Å². The Balaban J connectivity index is -0.00000000500. The fourth-order valence-electron chi connectivity index (χ4n) is 0. The maximum atomic E-state index is 4.50. The lowest BCUT2D eigenvalue weighted by Crippen LogP contribution is -1.13. The van der Waals surface area contributed by atoms with Crippen LogP contribution in [-0.2, 0) is 0 Å². The summed E-state index contributed by atoms with van der Waals surface area (Å²) in [6, 6.07) is 0. The van der Waals surface area contributed by atoms with E-state index in [1.165, 1.54) is 6.82 Å². The van der Waals surface area contributed by atoms with Crippen molar-refractivity contribution in [1.82, 2.24) is 0 Å². The number of hydrogen-bond acceptors (Lipinski definition) is 0. The van der Waals surface area contributed by atoms with E-state index in [1.54, 1.807) is 0 Å². The summed E-state index contributed by atoms with van der Waals surface area (Å²) in [5.41, 5.74) is 0. The molecule has 0 atom stereocenters. The molecule has 4 heavy (non-hydrogen) atoms. The van der Waals surface area contributed by atoms with Gasteiger partial charge in [-0.15, -0.1) is 0 Å². The summed E-state index contributed by atoms with van der Waals surface area (Å²) >= 11 is 0. The second-order valence-corrected chi connectivity index (χ2v) is 0. The summed E-state index contributed by atoms with van der Waals surface area (Å²) in [7, 11) is 4.50. The van der Waals surface area contributed by atoms with Crippen molar-refractivity contribution in [2.75, 3.05) is 0 Å². The van der Waals surface area contributed by atoms with Gasteiger partial charge in [0.25, 0.3) is 0 Å². The van der Waals surface area contributed by atoms with E-state index in [-0.39, 0.29) is 9.41 Å². The molecule has 0 fully saturated rings. The molecule has 0 rings (SSSR count). The molecule has 0 saturated carbocycles. The van der Waals surface area contributed by atoms with E-state index >= 15 is 0 Å². The Morgan fingerprint density at radius 2 is 1.00 bits per heavy atom. The monoisotopic (exact) mass is 66.0 g/mol. The highest BCUT2D eigenvalue weighted by molar-refractivity contribution is 6.05. The predicted molar refractivity (Wildman–Crippen MR) is 16.6 cm³/mol. The third-order valence-corrected chi connectivity index (χ3v) is 0. The minimum absolute atomic E-state index is 0. The highest BCUT2D eigenvalue weighted by Crippen LogP contribution is 0.960. The molecule has 26 valence electrons. The molecular formula is CH5BF2. The summed E-state index contributed by atoms with van der Waals surface area (Å²) in [5, 5.41) is 0. The lowest BCUT2D eigenvalue weighted by Gasteiger charge is -1.02. The highest BCUT2D eigenvalue weighted by atomic mass is 19.0. The quantitative estimate of drug-likeness (QED) is 0.361. The Kier molecular flexibility index (Phi) is 18900. The van der Waals surface area contributed by atoms with Crippen LogP contribution in [0.5, 0.6) is 0 Å². The maximum Gasteiger partial charge on any atom is 0.0606 e. The van der Waals surface area contributed by atoms with E-state index in [2.05, 4.69) is 7.85 Å². The van der Waals surface area contributed by atoms with Crippen molar-refractivity contribution in [2.45, 2.75) is 6.82 Å². The Labute approximate surface area is 25.3 Å². The first-order valence-corrected chi connectivity index (χ1v) is 0.577. The molecule has 0 bridgehead atoms. The van der Waals surface area contributed by atoms with E-state index in [1.807, 2.05) is 0 Å². The predicted octanol–water partition coefficient (Wildman–Crippen LogP) is 0.508. The van der Waals surface area contributed by atoms with Crippen LogP contribution >= 0.6 is 0 Å². The molecule has 0 amide bonds. The van der Waals surface area contributed by atoms with Crippen molar-refractivity contribution in [3.63, 3.8) is 0 Å². The zero-order valence-corrected chi connectivity index (χ0v) is 2.39. The summed E-state index contributed by atoms with van der Waals surface area (Å²) in [5.74, 6) is 0. The van der Waals surface area contributed by atoms with Gasteiger partial charge in [0.05, 0.1) is 7.85 Å². The fourth-order valence-corrected chi connectivity index (χ4v) is 0. The van der Waals surface area contributed by atoms with E-state index in [9.17, 15) is 0 Å². The van der Waals surface area contributed by atoms with Gasteiger partial charge >= 0.3 is 0 Å². The highest BCUT2D eigenvalue weighted by Gasteiger charge is 0.984. The normalized spacial score (nSPS) is 1.25. The van der Waals surface area contributed by atoms with E-state index in [4.69, 9.17) is 0 Å². The third-order valence-electron chi connectivity index (χ3n) is 0. The first-order valence-electron chi connectivity index (χ1n) is 0.577. The van der Waals surface area contributed by atoms with Gasteiger partial charge in [0.15, 0.2) is 0 Å². The van der Waals surface area contributed by atoms with Crippen LogP contribution in [0.1, 0.15) is 0 Å². The lowest BCUT2D eigenvalue weighted by molar-refractivity contribution is 1.11. The molecule has 0 N–H and O–H groups in total. The molecule has 0 heterocycles. The minimum Gasteiger partial charge on any atom is -0.269 e. The van der Waals surface area contributed by atoms with Gasteiger partial charge < -0.3 is 0 Å². The molecule has 0 nitrogen and oxygen atoms in total. The van der Waals surface area contributed by atoms with Crippen LogP contribution in [0.3, 0.4) is 0 Å². The van der Waals surface area contributed by atoms with Crippen molar-refractivity contribution in [3.8, 4) is 0 Å². The lowest BCUT2D eigenvalue weighted by atomic mass is 10.2. The molecule has 2 radical (unpaired) electrons. The van der Waals surface area contributed by atoms with Crippen molar-refractivity contribution in [3.05, 3.63) is 0 Å². The molecule has 0 aromatic rings. The molecule has 0 saturated heterocycles. The zero-order valence-electron chi connectivity index (χ0n) is 2.39. The Hall–Kier alpha value is -0.0751. The van der Waals surface area contributed by atoms with E-state index < -0.39 is 0 Å². The number of hydrogen-bond donors (Lipinski definition) is 0. The van der Waals surface area contributed by atoms with Crippen molar-refractivity contribution >= 4 is 7.85 Å². The molecule has 0 aromatic carbocycles. The largest absolute Gasteiger partial charge is 0.269 e. The standard InChI is InChI=1S/CH3B.2FH/c1-2;;/h1H3;2*1H. The minimum atomic E-state index is 0. The van der Waals surface area contributed by atoms with Crippen molar-refractivity contribution < 1.29 is 9.41 Å². The van der Waals surface area contributed by atoms with Crippen LogP contribution < -0.4 is 0 Å². The van der Waals surface area contributed by atoms with Gasteiger partial charge in [-0.3, -0.25) is 9.41 Å². The van der Waals surface area contributed by atoms with Crippen LogP contribution in [0.2, 0.25) is 6.82 Å². The van der Waals surface area contributed by atoms with Crippen LogP contribution in [0, 0.1) is 0 Å².